The average Bonchev–Trinajstić information content (AvgIpc) is 3.56. The summed E-state index contributed by atoms with van der Waals surface area (Å²) >= 11 is 0. The van der Waals surface area contributed by atoms with Crippen LogP contribution in [0, 0.1) is 11.3 Å². The summed E-state index contributed by atoms with van der Waals surface area (Å²) in [5, 5.41) is 14.5. The molecule has 35 heavy (non-hydrogen) atoms. The van der Waals surface area contributed by atoms with Crippen molar-refractivity contribution < 1.29 is 14.3 Å². The molecule has 0 radical (unpaired) electrons. The van der Waals surface area contributed by atoms with Crippen LogP contribution < -0.4 is 0 Å². The lowest BCUT2D eigenvalue weighted by molar-refractivity contribution is -0.142. The first-order valence-corrected chi connectivity index (χ1v) is 11.6. The Hall–Kier alpha value is -4.28. The Labute approximate surface area is 203 Å². The van der Waals surface area contributed by atoms with Crippen LogP contribution in [0.1, 0.15) is 25.3 Å². The summed E-state index contributed by atoms with van der Waals surface area (Å²) in [6.45, 7) is 2.40. The number of hydrogen-bond acceptors (Lipinski definition) is 5. The van der Waals surface area contributed by atoms with Crippen LogP contribution in [0.5, 0.6) is 0 Å². The van der Waals surface area contributed by atoms with Crippen LogP contribution in [-0.2, 0) is 14.3 Å². The van der Waals surface area contributed by atoms with Crippen molar-refractivity contribution in [1.82, 2.24) is 14.7 Å². The van der Waals surface area contributed by atoms with Crippen LogP contribution in [0.3, 0.4) is 0 Å². The van der Waals surface area contributed by atoms with Crippen molar-refractivity contribution in [3.63, 3.8) is 0 Å². The van der Waals surface area contributed by atoms with Crippen molar-refractivity contribution in [2.45, 2.75) is 25.9 Å². The molecule has 0 N–H and O–H groups in total. The van der Waals surface area contributed by atoms with Gasteiger partial charge in [-0.2, -0.15) is 10.4 Å². The van der Waals surface area contributed by atoms with Crippen molar-refractivity contribution in [1.29, 1.82) is 5.26 Å². The van der Waals surface area contributed by atoms with Crippen LogP contribution in [-0.4, -0.2) is 45.8 Å². The molecule has 7 heteroatoms. The number of para-hydroxylation sites is 1. The number of rotatable bonds is 5. The Bertz CT molecular complexity index is 1370. The Balaban J connectivity index is 1.63. The number of carbonyl (C=O) groups excluding carboxylic acids is 2. The molecule has 7 nitrogen and oxygen atoms in total. The summed E-state index contributed by atoms with van der Waals surface area (Å²) in [5.74, 6) is -0.987. The van der Waals surface area contributed by atoms with E-state index in [1.54, 1.807) is 17.7 Å². The molecule has 0 saturated carbocycles. The lowest BCUT2D eigenvalue weighted by Crippen LogP contribution is -2.46. The van der Waals surface area contributed by atoms with E-state index in [2.05, 4.69) is 0 Å². The third-order valence-electron chi connectivity index (χ3n) is 6.35. The summed E-state index contributed by atoms with van der Waals surface area (Å²) in [4.78, 5) is 27.7. The van der Waals surface area contributed by atoms with E-state index in [1.807, 2.05) is 72.9 Å². The van der Waals surface area contributed by atoms with Gasteiger partial charge in [-0.3, -0.25) is 14.5 Å². The molecule has 1 unspecified atom stereocenters. The van der Waals surface area contributed by atoms with Crippen LogP contribution in [0.2, 0.25) is 0 Å². The minimum atomic E-state index is -0.564. The highest BCUT2D eigenvalue weighted by molar-refractivity contribution is 6.19. The highest BCUT2D eigenvalue weighted by Gasteiger charge is 2.37. The van der Waals surface area contributed by atoms with Gasteiger partial charge in [0, 0.05) is 29.5 Å². The second-order valence-corrected chi connectivity index (χ2v) is 8.60. The molecule has 0 aliphatic carbocycles. The van der Waals surface area contributed by atoms with E-state index in [0.29, 0.717) is 29.0 Å². The second kappa shape index (κ2) is 9.53. The molecule has 2 aliphatic heterocycles. The monoisotopic (exact) mass is 464 g/mol. The Kier molecular flexibility index (Phi) is 6.13. The van der Waals surface area contributed by atoms with Gasteiger partial charge >= 0.3 is 0 Å². The zero-order valence-corrected chi connectivity index (χ0v) is 19.3. The Morgan fingerprint density at radius 2 is 1.80 bits per heavy atom. The van der Waals surface area contributed by atoms with Gasteiger partial charge in [-0.05, 0) is 43.5 Å². The number of carbonyl (C=O) groups is 2. The third kappa shape index (κ3) is 4.32. The molecule has 2 aliphatic rings. The maximum atomic E-state index is 13.5. The smallest absolute Gasteiger partial charge is 0.271 e. The van der Waals surface area contributed by atoms with Gasteiger partial charge in [-0.1, -0.05) is 48.5 Å². The second-order valence-electron chi connectivity index (χ2n) is 8.60. The molecule has 1 fully saturated rings. The van der Waals surface area contributed by atoms with Crippen molar-refractivity contribution >= 4 is 17.9 Å². The molecule has 5 rings (SSSR count). The predicted molar refractivity (Wildman–Crippen MR) is 131 cm³/mol. The molecule has 3 aromatic rings. The predicted octanol–water partition coefficient (Wildman–Crippen LogP) is 4.31. The molecular weight excluding hydrogens is 440 g/mol. The van der Waals surface area contributed by atoms with Crippen molar-refractivity contribution in [2.24, 2.45) is 0 Å². The molecule has 0 bridgehead atoms. The maximum Gasteiger partial charge on any atom is 0.271 e. The van der Waals surface area contributed by atoms with Gasteiger partial charge in [0.05, 0.1) is 24.0 Å². The van der Waals surface area contributed by atoms with Crippen LogP contribution >= 0.6 is 0 Å². The fourth-order valence-corrected chi connectivity index (χ4v) is 4.47. The largest absolute Gasteiger partial charge is 0.376 e. The number of aromatic nitrogens is 2. The number of nitriles is 1. The molecule has 2 aromatic carbocycles. The lowest BCUT2D eigenvalue weighted by Gasteiger charge is -2.29. The van der Waals surface area contributed by atoms with Crippen LogP contribution in [0.25, 0.3) is 23.0 Å². The van der Waals surface area contributed by atoms with E-state index >= 15 is 0 Å². The zero-order chi connectivity index (χ0) is 24.4. The van der Waals surface area contributed by atoms with Crippen molar-refractivity contribution in [3.8, 4) is 23.0 Å². The molecule has 174 valence electrons. The van der Waals surface area contributed by atoms with Gasteiger partial charge in [-0.25, -0.2) is 4.68 Å². The average molecular weight is 465 g/mol. The van der Waals surface area contributed by atoms with E-state index < -0.39 is 11.8 Å². The van der Waals surface area contributed by atoms with Crippen LogP contribution in [0.15, 0.2) is 83.6 Å². The van der Waals surface area contributed by atoms with Crippen molar-refractivity contribution in [2.75, 3.05) is 13.2 Å². The normalized spacial score (nSPS) is 19.5. The number of amides is 2. The quantitative estimate of drug-likeness (QED) is 0.415. The minimum Gasteiger partial charge on any atom is -0.376 e. The fourth-order valence-electron chi connectivity index (χ4n) is 4.47. The van der Waals surface area contributed by atoms with Gasteiger partial charge in [0.15, 0.2) is 0 Å². The first-order valence-electron chi connectivity index (χ1n) is 11.6. The van der Waals surface area contributed by atoms with E-state index in [-0.39, 0.29) is 18.2 Å². The fraction of sp³-hybridized carbons (Fsp3) is 0.214. The first-order chi connectivity index (χ1) is 17.1. The maximum absolute atomic E-state index is 13.5. The molecule has 3 heterocycles. The molecule has 1 aromatic heterocycles. The topological polar surface area (TPSA) is 88.2 Å². The molecule has 1 atom stereocenters. The summed E-state index contributed by atoms with van der Waals surface area (Å²) in [6.07, 6.45) is 5.06. The molecule has 0 spiro atoms. The van der Waals surface area contributed by atoms with Gasteiger partial charge in [0.25, 0.3) is 11.8 Å². The van der Waals surface area contributed by atoms with Crippen molar-refractivity contribution in [3.05, 3.63) is 89.1 Å². The molecule has 2 amide bonds. The number of imide groups is 1. The Morgan fingerprint density at radius 3 is 2.46 bits per heavy atom. The van der Waals surface area contributed by atoms with Crippen LogP contribution in [0.4, 0.5) is 0 Å². The first kappa shape index (κ1) is 22.5. The molecule has 1 saturated heterocycles. The summed E-state index contributed by atoms with van der Waals surface area (Å²) < 4.78 is 7.42. The van der Waals surface area contributed by atoms with Gasteiger partial charge in [0.2, 0.25) is 0 Å². The highest BCUT2D eigenvalue weighted by Crippen LogP contribution is 2.31. The lowest BCUT2D eigenvalue weighted by atomic mass is 9.93. The van der Waals surface area contributed by atoms with E-state index in [1.165, 1.54) is 0 Å². The summed E-state index contributed by atoms with van der Waals surface area (Å²) in [5.41, 5.74) is 3.85. The highest BCUT2D eigenvalue weighted by atomic mass is 16.5. The van der Waals surface area contributed by atoms with Gasteiger partial charge in [-0.15, -0.1) is 0 Å². The van der Waals surface area contributed by atoms with E-state index in [4.69, 9.17) is 9.84 Å². The van der Waals surface area contributed by atoms with E-state index in [9.17, 15) is 14.9 Å². The Morgan fingerprint density at radius 1 is 1.09 bits per heavy atom. The van der Waals surface area contributed by atoms with Gasteiger partial charge in [0.1, 0.15) is 11.6 Å². The third-order valence-corrected chi connectivity index (χ3v) is 6.35. The standard InChI is InChI=1S/C28H24N4O3/c1-19-24(27(33)31(28(34)25(19)16-29)18-23-13-8-14-35-23)15-21-17-32(22-11-6-3-7-12-22)30-26(21)20-9-4-2-5-10-20/h2-7,9-12,15,17,23H,8,13-14,18H2,1H3/b24-15+. The number of benzene rings is 2. The number of hydrogen-bond donors (Lipinski definition) is 0. The zero-order valence-electron chi connectivity index (χ0n) is 19.3. The van der Waals surface area contributed by atoms with Gasteiger partial charge < -0.3 is 4.74 Å². The summed E-state index contributed by atoms with van der Waals surface area (Å²) in [7, 11) is 0. The van der Waals surface area contributed by atoms with E-state index in [0.717, 1.165) is 29.0 Å². The summed E-state index contributed by atoms with van der Waals surface area (Å²) in [6, 6.07) is 21.4. The number of ether oxygens (including phenoxy) is 1. The number of nitrogens with zero attached hydrogens (tertiary/aromatic N) is 4. The SMILES string of the molecule is CC1=C(C#N)C(=O)N(CC2CCCO2)C(=O)/C1=C/c1cn(-c2ccccc2)nc1-c1ccccc1. The molecular formula is C28H24N4O3. The minimum absolute atomic E-state index is 0.0226.